The van der Waals surface area contributed by atoms with Crippen LogP contribution in [0.25, 0.3) is 0 Å². The Morgan fingerprint density at radius 3 is 2.30 bits per heavy atom. The Bertz CT molecular complexity index is 503. The Morgan fingerprint density at radius 1 is 1.25 bits per heavy atom. The molecule has 104 valence electrons. The summed E-state index contributed by atoms with van der Waals surface area (Å²) in [5, 5.41) is 18.6. The zero-order valence-electron chi connectivity index (χ0n) is 12.1. The fourth-order valence-electron chi connectivity index (χ4n) is 1.96. The Hall–Kier alpha value is -2.26. The van der Waals surface area contributed by atoms with Gasteiger partial charge >= 0.3 is 0 Å². The van der Waals surface area contributed by atoms with Crippen molar-refractivity contribution < 1.29 is 4.74 Å². The number of benzene rings is 1. The molecule has 0 spiro atoms. The molecular weight excluding hydrogens is 248 g/mol. The molecule has 0 saturated heterocycles. The topological polar surface area (TPSA) is 56.8 Å². The van der Waals surface area contributed by atoms with E-state index in [1.807, 2.05) is 38.1 Å². The summed E-state index contributed by atoms with van der Waals surface area (Å²) in [6.07, 6.45) is 3.47. The number of nitrogens with zero attached hydrogens (tertiary/aromatic N) is 2. The van der Waals surface area contributed by atoms with Crippen LogP contribution in [0, 0.1) is 28.1 Å². The van der Waals surface area contributed by atoms with Crippen molar-refractivity contribution in [3.05, 3.63) is 42.5 Å². The van der Waals surface area contributed by atoms with Crippen molar-refractivity contribution in [1.82, 2.24) is 0 Å². The van der Waals surface area contributed by atoms with E-state index < -0.39 is 5.41 Å². The van der Waals surface area contributed by atoms with E-state index in [-0.39, 0.29) is 6.10 Å². The number of ether oxygens (including phenoxy) is 1. The molecule has 0 aliphatic carbocycles. The fourth-order valence-corrected chi connectivity index (χ4v) is 1.96. The van der Waals surface area contributed by atoms with E-state index >= 15 is 0 Å². The quantitative estimate of drug-likeness (QED) is 0.702. The number of hydrogen-bond donors (Lipinski definition) is 0. The summed E-state index contributed by atoms with van der Waals surface area (Å²) >= 11 is 0. The van der Waals surface area contributed by atoms with Gasteiger partial charge in [0.25, 0.3) is 0 Å². The zero-order valence-corrected chi connectivity index (χ0v) is 12.1. The lowest BCUT2D eigenvalue weighted by molar-refractivity contribution is 0.242. The monoisotopic (exact) mass is 268 g/mol. The van der Waals surface area contributed by atoms with Gasteiger partial charge < -0.3 is 4.74 Å². The second-order valence-electron chi connectivity index (χ2n) is 5.12. The van der Waals surface area contributed by atoms with Gasteiger partial charge in [-0.2, -0.15) is 10.5 Å². The van der Waals surface area contributed by atoms with E-state index in [9.17, 15) is 10.5 Å². The molecule has 0 bridgehead atoms. The van der Waals surface area contributed by atoms with Gasteiger partial charge in [0.05, 0.1) is 18.2 Å². The van der Waals surface area contributed by atoms with Gasteiger partial charge in [0, 0.05) is 6.42 Å². The van der Waals surface area contributed by atoms with E-state index in [0.717, 1.165) is 11.3 Å². The summed E-state index contributed by atoms with van der Waals surface area (Å²) in [4.78, 5) is 0. The van der Waals surface area contributed by atoms with Crippen molar-refractivity contribution in [2.24, 2.45) is 5.41 Å². The molecule has 0 fully saturated rings. The van der Waals surface area contributed by atoms with Gasteiger partial charge in [-0.25, -0.2) is 0 Å². The first kappa shape index (κ1) is 15.8. The standard InChI is InChI=1S/C17H20N2O/c1-4-5-10-17(12-18,13-19)11-15-6-8-16(9-7-15)20-14(2)3/h4,6-9,14H,1,5,10-11H2,2-3H3. The lowest BCUT2D eigenvalue weighted by atomic mass is 9.80. The van der Waals surface area contributed by atoms with Crippen LogP contribution in [0.2, 0.25) is 0 Å². The highest BCUT2D eigenvalue weighted by molar-refractivity contribution is 5.30. The van der Waals surface area contributed by atoms with Gasteiger partial charge in [-0.05, 0) is 44.4 Å². The van der Waals surface area contributed by atoms with Crippen LogP contribution in [0.15, 0.2) is 36.9 Å². The average Bonchev–Trinajstić information content (AvgIpc) is 2.45. The molecule has 0 amide bonds. The molecule has 0 saturated carbocycles. The first-order valence-corrected chi connectivity index (χ1v) is 6.74. The van der Waals surface area contributed by atoms with Crippen LogP contribution in [-0.4, -0.2) is 6.10 Å². The van der Waals surface area contributed by atoms with Crippen LogP contribution < -0.4 is 4.74 Å². The van der Waals surface area contributed by atoms with Crippen LogP contribution >= 0.6 is 0 Å². The van der Waals surface area contributed by atoms with Crippen LogP contribution in [0.4, 0.5) is 0 Å². The highest BCUT2D eigenvalue weighted by Crippen LogP contribution is 2.28. The van der Waals surface area contributed by atoms with Crippen molar-refractivity contribution in [3.63, 3.8) is 0 Å². The SMILES string of the molecule is C=CCCC(C#N)(C#N)Cc1ccc(OC(C)C)cc1. The Morgan fingerprint density at radius 2 is 1.85 bits per heavy atom. The summed E-state index contributed by atoms with van der Waals surface area (Å²) in [5.41, 5.74) is -0.0116. The first-order valence-electron chi connectivity index (χ1n) is 6.74. The molecule has 0 aromatic heterocycles. The smallest absolute Gasteiger partial charge is 0.148 e. The zero-order chi connectivity index (χ0) is 15.0. The van der Waals surface area contributed by atoms with Gasteiger partial charge in [0.1, 0.15) is 11.2 Å². The molecule has 3 nitrogen and oxygen atoms in total. The number of allylic oxidation sites excluding steroid dienone is 1. The van der Waals surface area contributed by atoms with E-state index in [1.54, 1.807) is 6.08 Å². The highest BCUT2D eigenvalue weighted by Gasteiger charge is 2.29. The third-order valence-corrected chi connectivity index (χ3v) is 3.00. The van der Waals surface area contributed by atoms with E-state index in [1.165, 1.54) is 0 Å². The molecule has 0 N–H and O–H groups in total. The molecular formula is C17H20N2O. The summed E-state index contributed by atoms with van der Waals surface area (Å²) in [6, 6.07) is 11.9. The second-order valence-corrected chi connectivity index (χ2v) is 5.12. The maximum atomic E-state index is 9.31. The van der Waals surface area contributed by atoms with Gasteiger partial charge in [0.15, 0.2) is 0 Å². The number of hydrogen-bond acceptors (Lipinski definition) is 3. The maximum absolute atomic E-state index is 9.31. The summed E-state index contributed by atoms with van der Waals surface area (Å²) in [5.74, 6) is 0.800. The summed E-state index contributed by atoms with van der Waals surface area (Å²) < 4.78 is 5.57. The van der Waals surface area contributed by atoms with Gasteiger partial charge in [-0.15, -0.1) is 6.58 Å². The van der Waals surface area contributed by atoms with Crippen molar-refractivity contribution >= 4 is 0 Å². The molecule has 0 radical (unpaired) electrons. The minimum Gasteiger partial charge on any atom is -0.491 e. The van der Waals surface area contributed by atoms with Crippen LogP contribution in [0.5, 0.6) is 5.75 Å². The second kappa shape index (κ2) is 7.36. The molecule has 0 aliphatic rings. The van der Waals surface area contributed by atoms with Crippen LogP contribution in [0.3, 0.4) is 0 Å². The van der Waals surface area contributed by atoms with Gasteiger partial charge in [-0.1, -0.05) is 18.2 Å². The molecule has 1 aromatic rings. The Kier molecular flexibility index (Phi) is 5.81. The molecule has 1 rings (SSSR count). The summed E-state index contributed by atoms with van der Waals surface area (Å²) in [7, 11) is 0. The maximum Gasteiger partial charge on any atom is 0.148 e. The summed E-state index contributed by atoms with van der Waals surface area (Å²) in [6.45, 7) is 7.59. The molecule has 3 heteroatoms. The van der Waals surface area contributed by atoms with E-state index in [2.05, 4.69) is 18.7 Å². The molecule has 0 heterocycles. The predicted molar refractivity (Wildman–Crippen MR) is 79.0 cm³/mol. The third-order valence-electron chi connectivity index (χ3n) is 3.00. The number of nitriles is 2. The lowest BCUT2D eigenvalue weighted by Gasteiger charge is -2.18. The Balaban J connectivity index is 2.82. The average molecular weight is 268 g/mol. The van der Waals surface area contributed by atoms with Crippen molar-refractivity contribution in [2.45, 2.75) is 39.2 Å². The third kappa shape index (κ3) is 4.44. The lowest BCUT2D eigenvalue weighted by Crippen LogP contribution is -2.19. The molecule has 0 aliphatic heterocycles. The van der Waals surface area contributed by atoms with Gasteiger partial charge in [-0.3, -0.25) is 0 Å². The van der Waals surface area contributed by atoms with Crippen molar-refractivity contribution in [3.8, 4) is 17.9 Å². The Labute approximate surface area is 121 Å². The molecule has 0 unspecified atom stereocenters. The van der Waals surface area contributed by atoms with E-state index in [0.29, 0.717) is 19.3 Å². The normalized spacial score (nSPS) is 10.7. The molecule has 20 heavy (non-hydrogen) atoms. The first-order chi connectivity index (χ1) is 9.55. The predicted octanol–water partition coefficient (Wildman–Crippen LogP) is 4.02. The number of rotatable bonds is 7. The van der Waals surface area contributed by atoms with Gasteiger partial charge in [0.2, 0.25) is 0 Å². The highest BCUT2D eigenvalue weighted by atomic mass is 16.5. The fraction of sp³-hybridized carbons (Fsp3) is 0.412. The van der Waals surface area contributed by atoms with Crippen LogP contribution in [0.1, 0.15) is 32.3 Å². The molecule has 0 atom stereocenters. The van der Waals surface area contributed by atoms with E-state index in [4.69, 9.17) is 4.74 Å². The largest absolute Gasteiger partial charge is 0.491 e. The minimum atomic E-state index is -0.978. The van der Waals surface area contributed by atoms with Crippen LogP contribution in [-0.2, 0) is 6.42 Å². The minimum absolute atomic E-state index is 0.130. The van der Waals surface area contributed by atoms with Crippen molar-refractivity contribution in [2.75, 3.05) is 0 Å². The molecule has 1 aromatic carbocycles. The van der Waals surface area contributed by atoms with Crippen molar-refractivity contribution in [1.29, 1.82) is 10.5 Å².